The SMILES string of the molecule is CNS(=O)(=O)CCNc1nc2ccccc2n1C. The van der Waals surface area contributed by atoms with Crippen LogP contribution in [0.5, 0.6) is 0 Å². The van der Waals surface area contributed by atoms with Crippen LogP contribution in [0.3, 0.4) is 0 Å². The summed E-state index contributed by atoms with van der Waals surface area (Å²) in [5.41, 5.74) is 1.90. The van der Waals surface area contributed by atoms with Crippen LogP contribution in [-0.4, -0.2) is 37.3 Å². The Morgan fingerprint density at radius 3 is 2.72 bits per heavy atom. The molecule has 0 radical (unpaired) electrons. The molecule has 18 heavy (non-hydrogen) atoms. The third-order valence-corrected chi connectivity index (χ3v) is 4.12. The van der Waals surface area contributed by atoms with Crippen LogP contribution in [0.15, 0.2) is 24.3 Å². The van der Waals surface area contributed by atoms with Crippen LogP contribution in [0.4, 0.5) is 5.95 Å². The van der Waals surface area contributed by atoms with Crippen LogP contribution >= 0.6 is 0 Å². The first kappa shape index (κ1) is 12.8. The fraction of sp³-hybridized carbons (Fsp3) is 0.364. The predicted molar refractivity (Wildman–Crippen MR) is 72.1 cm³/mol. The van der Waals surface area contributed by atoms with Crippen molar-refractivity contribution in [2.45, 2.75) is 0 Å². The Morgan fingerprint density at radius 2 is 2.06 bits per heavy atom. The molecule has 2 aromatic rings. The Hall–Kier alpha value is -1.60. The molecule has 0 aliphatic rings. The van der Waals surface area contributed by atoms with Gasteiger partial charge in [0.1, 0.15) is 0 Å². The lowest BCUT2D eigenvalue weighted by Gasteiger charge is -2.06. The second-order valence-electron chi connectivity index (χ2n) is 3.93. The summed E-state index contributed by atoms with van der Waals surface area (Å²) in [6.45, 7) is 0.320. The summed E-state index contributed by atoms with van der Waals surface area (Å²) in [6, 6.07) is 7.76. The van der Waals surface area contributed by atoms with Gasteiger partial charge in [-0.3, -0.25) is 0 Å². The molecule has 0 bridgehead atoms. The number of hydrogen-bond acceptors (Lipinski definition) is 4. The van der Waals surface area contributed by atoms with E-state index in [1.165, 1.54) is 7.05 Å². The standard InChI is InChI=1S/C11H16N4O2S/c1-12-18(16,17)8-7-13-11-14-9-5-3-4-6-10(9)15(11)2/h3-6,12H,7-8H2,1-2H3,(H,13,14). The maximum Gasteiger partial charge on any atom is 0.213 e. The van der Waals surface area contributed by atoms with Crippen LogP contribution < -0.4 is 10.0 Å². The van der Waals surface area contributed by atoms with Gasteiger partial charge in [0.2, 0.25) is 16.0 Å². The monoisotopic (exact) mass is 268 g/mol. The summed E-state index contributed by atoms with van der Waals surface area (Å²) >= 11 is 0. The quantitative estimate of drug-likeness (QED) is 0.829. The van der Waals surface area contributed by atoms with Crippen molar-refractivity contribution in [2.75, 3.05) is 24.7 Å². The number of hydrogen-bond donors (Lipinski definition) is 2. The van der Waals surface area contributed by atoms with Crippen molar-refractivity contribution < 1.29 is 8.42 Å². The number of nitrogens with zero attached hydrogens (tertiary/aromatic N) is 2. The minimum Gasteiger partial charge on any atom is -0.355 e. The Labute approximate surface area is 106 Å². The van der Waals surface area contributed by atoms with Crippen LogP contribution in [-0.2, 0) is 17.1 Å². The average Bonchev–Trinajstić information content (AvgIpc) is 2.67. The molecule has 0 unspecified atom stereocenters. The molecule has 0 atom stereocenters. The topological polar surface area (TPSA) is 76.0 Å². The molecule has 0 spiro atoms. The lowest BCUT2D eigenvalue weighted by molar-refractivity contribution is 0.588. The van der Waals surface area contributed by atoms with E-state index >= 15 is 0 Å². The van der Waals surface area contributed by atoms with Gasteiger partial charge in [-0.2, -0.15) is 0 Å². The molecule has 0 amide bonds. The molecule has 2 rings (SSSR count). The first-order valence-corrected chi connectivity index (χ1v) is 7.25. The van der Waals surface area contributed by atoms with E-state index in [0.29, 0.717) is 12.5 Å². The van der Waals surface area contributed by atoms with Crippen molar-refractivity contribution in [3.05, 3.63) is 24.3 Å². The van der Waals surface area contributed by atoms with Crippen molar-refractivity contribution in [1.29, 1.82) is 0 Å². The zero-order chi connectivity index (χ0) is 13.2. The van der Waals surface area contributed by atoms with Gasteiger partial charge < -0.3 is 9.88 Å². The molecule has 0 aliphatic carbocycles. The van der Waals surface area contributed by atoms with Gasteiger partial charge in [0.05, 0.1) is 16.8 Å². The van der Waals surface area contributed by atoms with Crippen molar-refractivity contribution >= 4 is 27.0 Å². The molecule has 0 aliphatic heterocycles. The number of nitrogens with one attached hydrogen (secondary N) is 2. The van der Waals surface area contributed by atoms with Crippen LogP contribution in [0.1, 0.15) is 0 Å². The number of imidazole rings is 1. The number of benzene rings is 1. The molecular weight excluding hydrogens is 252 g/mol. The Balaban J connectivity index is 2.11. The van der Waals surface area contributed by atoms with E-state index in [1.807, 2.05) is 35.9 Å². The molecule has 0 saturated carbocycles. The maximum absolute atomic E-state index is 11.3. The zero-order valence-electron chi connectivity index (χ0n) is 10.3. The number of fused-ring (bicyclic) bond motifs is 1. The molecule has 0 fully saturated rings. The fourth-order valence-corrected chi connectivity index (χ4v) is 2.28. The summed E-state index contributed by atoms with van der Waals surface area (Å²) in [6.07, 6.45) is 0. The third kappa shape index (κ3) is 2.62. The second kappa shape index (κ2) is 4.95. The normalized spacial score (nSPS) is 11.9. The fourth-order valence-electron chi connectivity index (χ4n) is 1.70. The third-order valence-electron chi connectivity index (χ3n) is 2.75. The van der Waals surface area contributed by atoms with E-state index in [9.17, 15) is 8.42 Å². The van der Waals surface area contributed by atoms with Gasteiger partial charge in [0.25, 0.3) is 0 Å². The van der Waals surface area contributed by atoms with Gasteiger partial charge in [-0.15, -0.1) is 0 Å². The highest BCUT2D eigenvalue weighted by molar-refractivity contribution is 7.89. The van der Waals surface area contributed by atoms with E-state index in [2.05, 4.69) is 15.0 Å². The molecule has 7 heteroatoms. The van der Waals surface area contributed by atoms with Gasteiger partial charge in [-0.1, -0.05) is 12.1 Å². The average molecular weight is 268 g/mol. The smallest absolute Gasteiger partial charge is 0.213 e. The van der Waals surface area contributed by atoms with E-state index in [0.717, 1.165) is 11.0 Å². The van der Waals surface area contributed by atoms with Gasteiger partial charge in [-0.05, 0) is 19.2 Å². The summed E-state index contributed by atoms with van der Waals surface area (Å²) in [5, 5.41) is 3.03. The molecule has 1 aromatic carbocycles. The highest BCUT2D eigenvalue weighted by atomic mass is 32.2. The minimum absolute atomic E-state index is 0.0205. The predicted octanol–water partition coefficient (Wildman–Crippen LogP) is 0.534. The lowest BCUT2D eigenvalue weighted by Crippen LogP contribution is -2.26. The molecule has 1 heterocycles. The van der Waals surface area contributed by atoms with Crippen LogP contribution in [0.2, 0.25) is 0 Å². The molecule has 0 saturated heterocycles. The number of aryl methyl sites for hydroxylation is 1. The van der Waals surface area contributed by atoms with Crippen molar-refractivity contribution in [3.8, 4) is 0 Å². The summed E-state index contributed by atoms with van der Waals surface area (Å²) in [5.74, 6) is 0.690. The molecule has 6 nitrogen and oxygen atoms in total. The first-order chi connectivity index (χ1) is 8.53. The van der Waals surface area contributed by atoms with E-state index < -0.39 is 10.0 Å². The summed E-state index contributed by atoms with van der Waals surface area (Å²) in [4.78, 5) is 4.39. The van der Waals surface area contributed by atoms with Gasteiger partial charge in [0, 0.05) is 13.6 Å². The number of aromatic nitrogens is 2. The van der Waals surface area contributed by atoms with Crippen molar-refractivity contribution in [3.63, 3.8) is 0 Å². The zero-order valence-corrected chi connectivity index (χ0v) is 11.2. The van der Waals surface area contributed by atoms with Crippen LogP contribution in [0.25, 0.3) is 11.0 Å². The second-order valence-corrected chi connectivity index (χ2v) is 5.98. The summed E-state index contributed by atoms with van der Waals surface area (Å²) in [7, 11) is 0.118. The highest BCUT2D eigenvalue weighted by Crippen LogP contribution is 2.17. The number of para-hydroxylation sites is 2. The molecule has 1 aromatic heterocycles. The minimum atomic E-state index is -3.18. The van der Waals surface area contributed by atoms with Crippen molar-refractivity contribution in [2.24, 2.45) is 7.05 Å². The summed E-state index contributed by atoms with van der Waals surface area (Å²) < 4.78 is 26.7. The van der Waals surface area contributed by atoms with E-state index in [1.54, 1.807) is 0 Å². The largest absolute Gasteiger partial charge is 0.355 e. The van der Waals surface area contributed by atoms with Gasteiger partial charge >= 0.3 is 0 Å². The number of rotatable bonds is 5. The molecule has 98 valence electrons. The first-order valence-electron chi connectivity index (χ1n) is 5.60. The number of sulfonamides is 1. The van der Waals surface area contributed by atoms with Gasteiger partial charge in [-0.25, -0.2) is 18.1 Å². The molecule has 2 N–H and O–H groups in total. The highest BCUT2D eigenvalue weighted by Gasteiger charge is 2.09. The number of anilines is 1. The Bertz CT molecular complexity index is 648. The van der Waals surface area contributed by atoms with Crippen molar-refractivity contribution in [1.82, 2.24) is 14.3 Å². The van der Waals surface area contributed by atoms with E-state index in [4.69, 9.17) is 0 Å². The Kier molecular flexibility index (Phi) is 3.53. The lowest BCUT2D eigenvalue weighted by atomic mass is 10.3. The Morgan fingerprint density at radius 1 is 1.33 bits per heavy atom. The molecular formula is C11H16N4O2S. The van der Waals surface area contributed by atoms with E-state index in [-0.39, 0.29) is 5.75 Å². The van der Waals surface area contributed by atoms with Gasteiger partial charge in [0.15, 0.2) is 0 Å². The maximum atomic E-state index is 11.3. The van der Waals surface area contributed by atoms with Crippen LogP contribution in [0, 0.1) is 0 Å².